The molecule has 4 atom stereocenters. The molecule has 4 rings (SSSR count). The van der Waals surface area contributed by atoms with Crippen LogP contribution in [0.25, 0.3) is 0 Å². The summed E-state index contributed by atoms with van der Waals surface area (Å²) in [7, 11) is 5.15. The zero-order valence-corrected chi connectivity index (χ0v) is 23.9. The van der Waals surface area contributed by atoms with Crippen molar-refractivity contribution < 1.29 is 23.7 Å². The second-order valence-corrected chi connectivity index (χ2v) is 10.5. The maximum Gasteiger partial charge on any atom is 0.222 e. The van der Waals surface area contributed by atoms with E-state index >= 15 is 0 Å². The lowest BCUT2D eigenvalue weighted by molar-refractivity contribution is -0.125. The van der Waals surface area contributed by atoms with E-state index in [0.717, 1.165) is 74.7 Å². The molecular formula is C31H45N3O5. The van der Waals surface area contributed by atoms with E-state index in [4.69, 9.17) is 18.9 Å². The molecule has 0 aliphatic carbocycles. The Morgan fingerprint density at radius 2 is 2.03 bits per heavy atom. The first kappa shape index (κ1) is 29.2. The summed E-state index contributed by atoms with van der Waals surface area (Å²) in [6.45, 7) is 6.62. The fourth-order valence-electron chi connectivity index (χ4n) is 5.77. The van der Waals surface area contributed by atoms with Crippen LogP contribution in [0.3, 0.4) is 0 Å². The Bertz CT molecular complexity index is 1050. The number of nitrogens with zero attached hydrogens (tertiary/aromatic N) is 1. The van der Waals surface area contributed by atoms with Crippen LogP contribution in [0.5, 0.6) is 11.5 Å². The Labute approximate surface area is 233 Å². The third-order valence-corrected chi connectivity index (χ3v) is 8.04. The van der Waals surface area contributed by atoms with E-state index in [1.54, 1.807) is 21.3 Å². The van der Waals surface area contributed by atoms with Crippen LogP contribution in [-0.2, 0) is 20.9 Å². The SMILES string of the molecule is CC[C@@H](C[C@H]1C[C@H](c2ccc(OC)cc2)[C@@H](OCc2ccc3c(c2)N(CCCOC)CCO3)CN1)C(=O)NC. The van der Waals surface area contributed by atoms with E-state index in [0.29, 0.717) is 13.2 Å². The molecule has 0 bridgehead atoms. The summed E-state index contributed by atoms with van der Waals surface area (Å²) in [6, 6.07) is 15.0. The highest BCUT2D eigenvalue weighted by atomic mass is 16.5. The molecule has 0 saturated carbocycles. The van der Waals surface area contributed by atoms with Gasteiger partial charge in [-0.15, -0.1) is 0 Å². The minimum Gasteiger partial charge on any atom is -0.497 e. The van der Waals surface area contributed by atoms with Crippen LogP contribution in [0.1, 0.15) is 49.7 Å². The third-order valence-electron chi connectivity index (χ3n) is 8.04. The monoisotopic (exact) mass is 539 g/mol. The number of methoxy groups -OCH3 is 2. The summed E-state index contributed by atoms with van der Waals surface area (Å²) in [5.74, 6) is 2.12. The first-order valence-corrected chi connectivity index (χ1v) is 14.3. The molecule has 2 heterocycles. The first-order valence-electron chi connectivity index (χ1n) is 14.3. The topological polar surface area (TPSA) is 81.3 Å². The predicted molar refractivity (Wildman–Crippen MR) is 154 cm³/mol. The van der Waals surface area contributed by atoms with Gasteiger partial charge in [-0.25, -0.2) is 0 Å². The van der Waals surface area contributed by atoms with Gasteiger partial charge in [0.15, 0.2) is 0 Å². The molecule has 2 aromatic rings. The molecular weight excluding hydrogens is 494 g/mol. The fraction of sp³-hybridized carbons (Fsp3) is 0.581. The van der Waals surface area contributed by atoms with Crippen LogP contribution in [0.15, 0.2) is 42.5 Å². The first-order chi connectivity index (χ1) is 19.1. The predicted octanol–water partition coefficient (Wildman–Crippen LogP) is 4.12. The van der Waals surface area contributed by atoms with E-state index in [1.165, 1.54) is 5.56 Å². The van der Waals surface area contributed by atoms with Gasteiger partial charge in [0.1, 0.15) is 18.1 Å². The molecule has 2 aliphatic rings. The summed E-state index contributed by atoms with van der Waals surface area (Å²) in [5, 5.41) is 6.51. The number of carbonyl (C=O) groups is 1. The average Bonchev–Trinajstić information content (AvgIpc) is 2.99. The summed E-state index contributed by atoms with van der Waals surface area (Å²) in [5.41, 5.74) is 3.51. The number of ether oxygens (including phenoxy) is 4. The molecule has 2 aromatic carbocycles. The van der Waals surface area contributed by atoms with Crippen LogP contribution in [0.4, 0.5) is 5.69 Å². The van der Waals surface area contributed by atoms with Crippen LogP contribution in [-0.4, -0.2) is 72.2 Å². The summed E-state index contributed by atoms with van der Waals surface area (Å²) >= 11 is 0. The number of fused-ring (bicyclic) bond motifs is 1. The van der Waals surface area contributed by atoms with Crippen LogP contribution in [0, 0.1) is 5.92 Å². The van der Waals surface area contributed by atoms with Gasteiger partial charge in [0, 0.05) is 51.7 Å². The van der Waals surface area contributed by atoms with Gasteiger partial charge in [-0.2, -0.15) is 0 Å². The summed E-state index contributed by atoms with van der Waals surface area (Å²) in [4.78, 5) is 14.7. The highest BCUT2D eigenvalue weighted by molar-refractivity contribution is 5.78. The molecule has 2 aliphatic heterocycles. The van der Waals surface area contributed by atoms with E-state index in [1.807, 2.05) is 12.1 Å². The largest absolute Gasteiger partial charge is 0.497 e. The van der Waals surface area contributed by atoms with Crippen molar-refractivity contribution in [2.24, 2.45) is 5.92 Å². The van der Waals surface area contributed by atoms with Gasteiger partial charge in [0.2, 0.25) is 5.91 Å². The molecule has 1 amide bonds. The van der Waals surface area contributed by atoms with Crippen molar-refractivity contribution >= 4 is 11.6 Å². The quantitative estimate of drug-likeness (QED) is 0.371. The van der Waals surface area contributed by atoms with Gasteiger partial charge in [0.25, 0.3) is 0 Å². The van der Waals surface area contributed by atoms with Crippen molar-refractivity contribution in [3.63, 3.8) is 0 Å². The van der Waals surface area contributed by atoms with Gasteiger partial charge in [-0.05, 0) is 61.1 Å². The second kappa shape index (κ2) is 14.5. The number of benzene rings is 2. The van der Waals surface area contributed by atoms with Crippen molar-refractivity contribution in [3.8, 4) is 11.5 Å². The molecule has 214 valence electrons. The molecule has 0 unspecified atom stereocenters. The van der Waals surface area contributed by atoms with Gasteiger partial charge < -0.3 is 34.5 Å². The van der Waals surface area contributed by atoms with Crippen molar-refractivity contribution in [3.05, 3.63) is 53.6 Å². The van der Waals surface area contributed by atoms with Gasteiger partial charge in [-0.1, -0.05) is 25.1 Å². The van der Waals surface area contributed by atoms with Gasteiger partial charge in [-0.3, -0.25) is 4.79 Å². The van der Waals surface area contributed by atoms with Gasteiger partial charge >= 0.3 is 0 Å². The Morgan fingerprint density at radius 3 is 2.74 bits per heavy atom. The zero-order chi connectivity index (χ0) is 27.6. The second-order valence-electron chi connectivity index (χ2n) is 10.5. The molecule has 0 radical (unpaired) electrons. The normalized spacial score (nSPS) is 21.5. The Kier molecular flexibility index (Phi) is 10.9. The Morgan fingerprint density at radius 1 is 1.21 bits per heavy atom. The molecule has 2 N–H and O–H groups in total. The van der Waals surface area contributed by atoms with Crippen LogP contribution in [0.2, 0.25) is 0 Å². The molecule has 0 aromatic heterocycles. The summed E-state index contributed by atoms with van der Waals surface area (Å²) in [6.07, 6.45) is 3.55. The highest BCUT2D eigenvalue weighted by Crippen LogP contribution is 2.36. The van der Waals surface area contributed by atoms with E-state index in [2.05, 4.69) is 52.8 Å². The molecule has 8 nitrogen and oxygen atoms in total. The number of anilines is 1. The van der Waals surface area contributed by atoms with Crippen molar-refractivity contribution in [2.45, 2.75) is 57.3 Å². The lowest BCUT2D eigenvalue weighted by atomic mass is 9.81. The average molecular weight is 540 g/mol. The van der Waals surface area contributed by atoms with E-state index in [-0.39, 0.29) is 29.9 Å². The highest BCUT2D eigenvalue weighted by Gasteiger charge is 2.34. The lowest BCUT2D eigenvalue weighted by Crippen LogP contribution is -2.48. The maximum atomic E-state index is 12.4. The van der Waals surface area contributed by atoms with E-state index in [9.17, 15) is 4.79 Å². The third kappa shape index (κ3) is 7.65. The summed E-state index contributed by atoms with van der Waals surface area (Å²) < 4.78 is 23.2. The Balaban J connectivity index is 1.46. The minimum absolute atomic E-state index is 0.00559. The molecule has 39 heavy (non-hydrogen) atoms. The number of rotatable bonds is 13. The minimum atomic E-state index is 0.00559. The van der Waals surface area contributed by atoms with Crippen molar-refractivity contribution in [1.82, 2.24) is 10.6 Å². The number of carbonyl (C=O) groups excluding carboxylic acids is 1. The molecule has 1 saturated heterocycles. The lowest BCUT2D eigenvalue weighted by Gasteiger charge is -2.38. The van der Waals surface area contributed by atoms with E-state index < -0.39 is 0 Å². The number of hydrogen-bond donors (Lipinski definition) is 2. The number of piperidine rings is 1. The Hall–Kier alpha value is -2.81. The molecule has 8 heteroatoms. The number of amides is 1. The van der Waals surface area contributed by atoms with Gasteiger partial charge in [0.05, 0.1) is 32.1 Å². The molecule has 0 spiro atoms. The van der Waals surface area contributed by atoms with Crippen LogP contribution < -0.4 is 25.0 Å². The smallest absolute Gasteiger partial charge is 0.222 e. The zero-order valence-electron chi connectivity index (χ0n) is 23.9. The van der Waals surface area contributed by atoms with Crippen LogP contribution >= 0.6 is 0 Å². The number of nitrogens with one attached hydrogen (secondary N) is 2. The number of hydrogen-bond acceptors (Lipinski definition) is 7. The molecule has 1 fully saturated rings. The fourth-order valence-corrected chi connectivity index (χ4v) is 5.77. The standard InChI is InChI=1S/C31H45N3O5/c1-5-23(31(35)32-2)18-25-19-27(24-8-10-26(37-4)11-9-24)30(20-33-25)39-21-22-7-12-29-28(17-22)34(14-16-38-29)13-6-15-36-3/h7-12,17,23,25,27,30,33H,5-6,13-16,18-21H2,1-4H3,(H,32,35)/t23-,25-,27+,30-/m0/s1. The van der Waals surface area contributed by atoms with Crippen molar-refractivity contribution in [2.75, 3.05) is 59.0 Å². The maximum absolute atomic E-state index is 12.4. The van der Waals surface area contributed by atoms with Crippen molar-refractivity contribution in [1.29, 1.82) is 0 Å².